The second kappa shape index (κ2) is 8.27. The van der Waals surface area contributed by atoms with Gasteiger partial charge in [-0.2, -0.15) is 9.40 Å². The lowest BCUT2D eigenvalue weighted by atomic mass is 9.75. The van der Waals surface area contributed by atoms with E-state index in [1.54, 1.807) is 11.2 Å². The highest BCUT2D eigenvalue weighted by atomic mass is 32.2. The average molecular weight is 410 g/mol. The maximum atomic E-state index is 13.1. The predicted octanol–water partition coefficient (Wildman–Crippen LogP) is 4.11. The number of sulfonamides is 1. The molecule has 0 saturated carbocycles. The number of aromatic nitrogens is 2. The second-order valence-corrected chi connectivity index (χ2v) is 11.3. The number of unbranched alkanes of at least 4 members (excludes halogenated alkanes) is 3. The van der Waals surface area contributed by atoms with E-state index in [1.807, 2.05) is 4.68 Å². The lowest BCUT2D eigenvalue weighted by molar-refractivity contribution is 0.0907. The molecule has 0 spiro atoms. The number of hydrogen-bond donors (Lipinski definition) is 0. The Balaban J connectivity index is 2.00. The van der Waals surface area contributed by atoms with Gasteiger partial charge in [-0.3, -0.25) is 9.48 Å². The molecule has 1 saturated heterocycles. The van der Waals surface area contributed by atoms with Crippen LogP contribution < -0.4 is 0 Å². The summed E-state index contributed by atoms with van der Waals surface area (Å²) in [4.78, 5) is 13.1. The van der Waals surface area contributed by atoms with Crippen molar-refractivity contribution in [3.8, 4) is 0 Å². The van der Waals surface area contributed by atoms with Gasteiger partial charge in [0.2, 0.25) is 10.0 Å². The molecule has 0 bridgehead atoms. The standard InChI is InChI=1S/C21H35N3O3S/c1-5-7-8-9-12-23-17-14-21(3,4)15-18(25)19(17)20(22-23)16-11-10-13-24(16)28(26,27)6-2/h16H,5-15H2,1-4H3/t16-/m1/s1. The van der Waals surface area contributed by atoms with Crippen molar-refractivity contribution in [2.45, 2.75) is 91.6 Å². The molecule has 6 nitrogen and oxygen atoms in total. The van der Waals surface area contributed by atoms with Crippen LogP contribution in [0.25, 0.3) is 0 Å². The average Bonchev–Trinajstić information content (AvgIpc) is 3.23. The summed E-state index contributed by atoms with van der Waals surface area (Å²) in [7, 11) is -3.30. The van der Waals surface area contributed by atoms with E-state index < -0.39 is 10.0 Å². The first-order valence-electron chi connectivity index (χ1n) is 10.8. The van der Waals surface area contributed by atoms with Crippen molar-refractivity contribution in [1.29, 1.82) is 0 Å². The molecule has 158 valence electrons. The first-order valence-corrected chi connectivity index (χ1v) is 12.4. The Morgan fingerprint density at radius 1 is 1.14 bits per heavy atom. The molecule has 1 atom stereocenters. The van der Waals surface area contributed by atoms with Crippen LogP contribution in [-0.2, 0) is 23.0 Å². The van der Waals surface area contributed by atoms with E-state index in [0.29, 0.717) is 18.7 Å². The molecule has 3 rings (SSSR count). The van der Waals surface area contributed by atoms with Crippen LogP contribution in [0.15, 0.2) is 0 Å². The maximum Gasteiger partial charge on any atom is 0.214 e. The first kappa shape index (κ1) is 21.5. The Bertz CT molecular complexity index is 826. The van der Waals surface area contributed by atoms with E-state index in [4.69, 9.17) is 5.10 Å². The smallest absolute Gasteiger partial charge is 0.214 e. The van der Waals surface area contributed by atoms with Crippen molar-refractivity contribution >= 4 is 15.8 Å². The highest BCUT2D eigenvalue weighted by molar-refractivity contribution is 7.89. The Kier molecular flexibility index (Phi) is 6.35. The molecule has 28 heavy (non-hydrogen) atoms. The molecule has 0 aromatic carbocycles. The SMILES string of the molecule is CCCCCCn1nc([C@H]2CCCN2S(=O)(=O)CC)c2c1CC(C)(C)CC2=O. The molecule has 1 aliphatic heterocycles. The molecule has 0 amide bonds. The second-order valence-electron chi connectivity index (χ2n) is 9.10. The molecular weight excluding hydrogens is 374 g/mol. The zero-order chi connectivity index (χ0) is 20.5. The van der Waals surface area contributed by atoms with Crippen LogP contribution >= 0.6 is 0 Å². The molecule has 2 heterocycles. The summed E-state index contributed by atoms with van der Waals surface area (Å²) in [5.41, 5.74) is 2.37. The number of nitrogens with zero attached hydrogens (tertiary/aromatic N) is 3. The number of Topliss-reactive ketones (excluding diaryl/α,β-unsaturated/α-hetero) is 1. The molecule has 1 aliphatic carbocycles. The molecule has 1 aromatic heterocycles. The van der Waals surface area contributed by atoms with Crippen LogP contribution in [0.2, 0.25) is 0 Å². The number of carbonyl (C=O) groups is 1. The summed E-state index contributed by atoms with van der Waals surface area (Å²) < 4.78 is 28.8. The predicted molar refractivity (Wildman–Crippen MR) is 111 cm³/mol. The fourth-order valence-corrected chi connectivity index (χ4v) is 5.99. The monoisotopic (exact) mass is 409 g/mol. The third kappa shape index (κ3) is 4.20. The Morgan fingerprint density at radius 2 is 1.89 bits per heavy atom. The quantitative estimate of drug-likeness (QED) is 0.606. The topological polar surface area (TPSA) is 72.3 Å². The van der Waals surface area contributed by atoms with Crippen molar-refractivity contribution in [3.05, 3.63) is 17.0 Å². The van der Waals surface area contributed by atoms with Gasteiger partial charge in [-0.25, -0.2) is 8.42 Å². The lowest BCUT2D eigenvalue weighted by Crippen LogP contribution is -2.33. The summed E-state index contributed by atoms with van der Waals surface area (Å²) in [5.74, 6) is 0.214. The molecule has 1 fully saturated rings. The van der Waals surface area contributed by atoms with E-state index in [2.05, 4.69) is 20.8 Å². The van der Waals surface area contributed by atoms with Crippen LogP contribution in [0.4, 0.5) is 0 Å². The zero-order valence-electron chi connectivity index (χ0n) is 17.8. The summed E-state index contributed by atoms with van der Waals surface area (Å²) in [6.45, 7) is 9.46. The van der Waals surface area contributed by atoms with Crippen molar-refractivity contribution in [2.75, 3.05) is 12.3 Å². The normalized spacial score (nSPS) is 22.6. The van der Waals surface area contributed by atoms with E-state index in [9.17, 15) is 13.2 Å². The Hall–Kier alpha value is -1.21. The zero-order valence-corrected chi connectivity index (χ0v) is 18.6. The van der Waals surface area contributed by atoms with Gasteiger partial charge in [-0.1, -0.05) is 40.0 Å². The minimum atomic E-state index is -3.30. The summed E-state index contributed by atoms with van der Waals surface area (Å²) in [5, 5.41) is 4.88. The Labute approximate surface area is 169 Å². The van der Waals surface area contributed by atoms with Crippen molar-refractivity contribution in [3.63, 3.8) is 0 Å². The van der Waals surface area contributed by atoms with Gasteiger partial charge >= 0.3 is 0 Å². The number of fused-ring (bicyclic) bond motifs is 1. The number of aryl methyl sites for hydroxylation is 1. The van der Waals surface area contributed by atoms with E-state index >= 15 is 0 Å². The Morgan fingerprint density at radius 3 is 2.57 bits per heavy atom. The van der Waals surface area contributed by atoms with Gasteiger partial charge in [0.05, 0.1) is 28.7 Å². The number of rotatable bonds is 8. The van der Waals surface area contributed by atoms with Crippen molar-refractivity contribution in [1.82, 2.24) is 14.1 Å². The van der Waals surface area contributed by atoms with Gasteiger partial charge < -0.3 is 0 Å². The molecule has 2 aliphatic rings. The third-order valence-corrected chi connectivity index (χ3v) is 7.99. The molecule has 0 unspecified atom stereocenters. The first-order chi connectivity index (χ1) is 13.2. The minimum absolute atomic E-state index is 0.0760. The maximum absolute atomic E-state index is 13.1. The van der Waals surface area contributed by atoms with Crippen molar-refractivity contribution < 1.29 is 13.2 Å². The van der Waals surface area contributed by atoms with Crippen LogP contribution in [0.1, 0.15) is 100 Å². The van der Waals surface area contributed by atoms with Gasteiger partial charge in [0.25, 0.3) is 0 Å². The molecule has 0 N–H and O–H groups in total. The van der Waals surface area contributed by atoms with E-state index in [0.717, 1.165) is 49.9 Å². The van der Waals surface area contributed by atoms with Gasteiger partial charge in [0.1, 0.15) is 0 Å². The lowest BCUT2D eigenvalue weighted by Gasteiger charge is -2.30. The molecular formula is C21H35N3O3S. The summed E-state index contributed by atoms with van der Waals surface area (Å²) in [6.07, 6.45) is 7.46. The number of ketones is 1. The van der Waals surface area contributed by atoms with Crippen LogP contribution in [0.5, 0.6) is 0 Å². The summed E-state index contributed by atoms with van der Waals surface area (Å²) in [6, 6.07) is -0.291. The fourth-order valence-electron chi connectivity index (χ4n) is 4.66. The van der Waals surface area contributed by atoms with Gasteiger partial charge in [-0.05, 0) is 38.0 Å². The fraction of sp³-hybridized carbons (Fsp3) is 0.810. The van der Waals surface area contributed by atoms with Gasteiger partial charge in [0.15, 0.2) is 5.78 Å². The minimum Gasteiger partial charge on any atom is -0.294 e. The number of carbonyl (C=O) groups excluding carboxylic acids is 1. The van der Waals surface area contributed by atoms with E-state index in [-0.39, 0.29) is 23.0 Å². The van der Waals surface area contributed by atoms with Crippen molar-refractivity contribution in [2.24, 2.45) is 5.41 Å². The molecule has 7 heteroatoms. The number of hydrogen-bond acceptors (Lipinski definition) is 4. The van der Waals surface area contributed by atoms with E-state index in [1.165, 1.54) is 12.8 Å². The molecule has 1 aromatic rings. The highest BCUT2D eigenvalue weighted by Gasteiger charge is 2.42. The van der Waals surface area contributed by atoms with Crippen LogP contribution in [0.3, 0.4) is 0 Å². The largest absolute Gasteiger partial charge is 0.294 e. The van der Waals surface area contributed by atoms with Gasteiger partial charge in [0, 0.05) is 19.5 Å². The highest BCUT2D eigenvalue weighted by Crippen LogP contribution is 2.42. The van der Waals surface area contributed by atoms with Crippen LogP contribution in [-0.4, -0.2) is 40.6 Å². The molecule has 0 radical (unpaired) electrons. The summed E-state index contributed by atoms with van der Waals surface area (Å²) >= 11 is 0. The van der Waals surface area contributed by atoms with Crippen LogP contribution in [0, 0.1) is 5.41 Å². The van der Waals surface area contributed by atoms with Gasteiger partial charge in [-0.15, -0.1) is 0 Å². The third-order valence-electron chi connectivity index (χ3n) is 6.11.